The molecule has 0 unspecified atom stereocenters. The molecule has 2 aliphatic heterocycles. The number of hydrogen-bond acceptors (Lipinski definition) is 6. The molecule has 1 aromatic carbocycles. The molecule has 1 atom stereocenters. The van der Waals surface area contributed by atoms with Crippen molar-refractivity contribution in [2.24, 2.45) is 0 Å². The molecule has 1 aromatic heterocycles. The summed E-state index contributed by atoms with van der Waals surface area (Å²) in [4.78, 5) is 31.4. The van der Waals surface area contributed by atoms with E-state index in [-0.39, 0.29) is 17.4 Å². The lowest BCUT2D eigenvalue weighted by atomic mass is 9.93. The molecule has 1 fully saturated rings. The highest BCUT2D eigenvalue weighted by Gasteiger charge is 2.30. The van der Waals surface area contributed by atoms with E-state index in [0.717, 1.165) is 43.7 Å². The number of carbonyl (C=O) groups excluding carboxylic acids is 1. The topological polar surface area (TPSA) is 82.9 Å². The van der Waals surface area contributed by atoms with Crippen molar-refractivity contribution < 1.29 is 19.0 Å². The molecule has 8 heteroatoms. The van der Waals surface area contributed by atoms with Crippen molar-refractivity contribution in [3.05, 3.63) is 45.6 Å². The number of likely N-dealkylation sites (tertiary alicyclic amines) is 1. The molecule has 0 spiro atoms. The predicted molar refractivity (Wildman–Crippen MR) is 111 cm³/mol. The molecule has 30 heavy (non-hydrogen) atoms. The van der Waals surface area contributed by atoms with Crippen molar-refractivity contribution in [2.75, 3.05) is 34.4 Å². The Morgan fingerprint density at radius 3 is 2.43 bits per heavy atom. The zero-order valence-electron chi connectivity index (χ0n) is 17.6. The molecule has 0 radical (unpaired) electrons. The average molecular weight is 413 g/mol. The molecule has 0 N–H and O–H groups in total. The maximum atomic E-state index is 13.3. The molecule has 0 aliphatic carbocycles. The van der Waals surface area contributed by atoms with Crippen LogP contribution in [0.4, 0.5) is 0 Å². The molecule has 8 nitrogen and oxygen atoms in total. The van der Waals surface area contributed by atoms with Gasteiger partial charge in [-0.15, -0.1) is 0 Å². The number of rotatable bonds is 5. The minimum atomic E-state index is -0.189. The number of fused-ring (bicyclic) bond motifs is 1. The summed E-state index contributed by atoms with van der Waals surface area (Å²) in [6.07, 6.45) is 3.67. The van der Waals surface area contributed by atoms with Crippen molar-refractivity contribution in [1.29, 1.82) is 0 Å². The lowest BCUT2D eigenvalue weighted by molar-refractivity contribution is 0.0703. The highest BCUT2D eigenvalue weighted by Crippen LogP contribution is 2.39. The first-order valence-corrected chi connectivity index (χ1v) is 10.3. The first-order valence-electron chi connectivity index (χ1n) is 10.3. The molecular weight excluding hydrogens is 386 g/mol. The van der Waals surface area contributed by atoms with Crippen molar-refractivity contribution in [2.45, 2.75) is 38.1 Å². The standard InChI is InChI=1S/C22H27N3O5/c1-28-17-10-15(11-18(29-2)21(17)30-3)22(27)24-8-4-6-14(13-24)16-12-20(26)23-19-7-5-9-25(16)19/h10-12,14H,4-9,13H2,1-3H3/t14-/m1/s1. The van der Waals surface area contributed by atoms with Crippen LogP contribution in [0.1, 0.15) is 47.1 Å². The van der Waals surface area contributed by atoms with Gasteiger partial charge < -0.3 is 23.7 Å². The molecule has 2 aromatic rings. The van der Waals surface area contributed by atoms with Gasteiger partial charge in [0.15, 0.2) is 11.5 Å². The van der Waals surface area contributed by atoms with Gasteiger partial charge in [0.1, 0.15) is 5.82 Å². The molecule has 1 amide bonds. The summed E-state index contributed by atoms with van der Waals surface area (Å²) in [6.45, 7) is 2.13. The smallest absolute Gasteiger partial charge is 0.273 e. The maximum Gasteiger partial charge on any atom is 0.273 e. The number of amides is 1. The number of aryl methyl sites for hydroxylation is 1. The highest BCUT2D eigenvalue weighted by molar-refractivity contribution is 5.95. The Bertz CT molecular complexity index is 991. The van der Waals surface area contributed by atoms with Crippen molar-refractivity contribution in [3.63, 3.8) is 0 Å². The number of hydrogen-bond donors (Lipinski definition) is 0. The van der Waals surface area contributed by atoms with Crippen LogP contribution in [0.5, 0.6) is 17.2 Å². The minimum absolute atomic E-state index is 0.0861. The third-order valence-electron chi connectivity index (χ3n) is 5.95. The number of methoxy groups -OCH3 is 3. The van der Waals surface area contributed by atoms with Gasteiger partial charge in [0.05, 0.1) is 21.3 Å². The maximum absolute atomic E-state index is 13.3. The van der Waals surface area contributed by atoms with Crippen LogP contribution in [-0.4, -0.2) is 54.8 Å². The summed E-state index contributed by atoms with van der Waals surface area (Å²) in [5.74, 6) is 2.26. The summed E-state index contributed by atoms with van der Waals surface area (Å²) in [5.41, 5.74) is 1.30. The number of nitrogens with zero attached hydrogens (tertiary/aromatic N) is 3. The Kier molecular flexibility index (Phi) is 5.65. The number of carbonyl (C=O) groups is 1. The quantitative estimate of drug-likeness (QED) is 0.748. The van der Waals surface area contributed by atoms with Crippen LogP contribution in [0.2, 0.25) is 0 Å². The van der Waals surface area contributed by atoms with E-state index in [0.29, 0.717) is 35.9 Å². The van der Waals surface area contributed by atoms with Gasteiger partial charge in [0.2, 0.25) is 5.75 Å². The van der Waals surface area contributed by atoms with Crippen LogP contribution in [0.25, 0.3) is 0 Å². The fourth-order valence-electron chi connectivity index (χ4n) is 4.55. The van der Waals surface area contributed by atoms with Gasteiger partial charge in [0.25, 0.3) is 11.5 Å². The van der Waals surface area contributed by atoms with E-state index >= 15 is 0 Å². The molecule has 2 aliphatic rings. The fraction of sp³-hybridized carbons (Fsp3) is 0.500. The second-order valence-electron chi connectivity index (χ2n) is 7.69. The Hall–Kier alpha value is -3.03. The summed E-state index contributed by atoms with van der Waals surface area (Å²) >= 11 is 0. The van der Waals surface area contributed by atoms with Crippen LogP contribution in [0, 0.1) is 0 Å². The zero-order chi connectivity index (χ0) is 21.3. The van der Waals surface area contributed by atoms with Gasteiger partial charge in [-0.05, 0) is 31.4 Å². The van der Waals surface area contributed by atoms with Crippen LogP contribution < -0.4 is 19.8 Å². The number of aromatic nitrogens is 2. The largest absolute Gasteiger partial charge is 0.493 e. The monoisotopic (exact) mass is 413 g/mol. The predicted octanol–water partition coefficient (Wildman–Crippen LogP) is 2.24. The number of piperidine rings is 1. The lowest BCUT2D eigenvalue weighted by Gasteiger charge is -2.34. The Labute approximate surface area is 175 Å². The van der Waals surface area contributed by atoms with Gasteiger partial charge in [-0.3, -0.25) is 9.59 Å². The summed E-state index contributed by atoms with van der Waals surface area (Å²) in [7, 11) is 4.60. The molecular formula is C22H27N3O5. The summed E-state index contributed by atoms with van der Waals surface area (Å²) in [6, 6.07) is 5.01. The van der Waals surface area contributed by atoms with Crippen LogP contribution in [0.3, 0.4) is 0 Å². The van der Waals surface area contributed by atoms with Crippen molar-refractivity contribution in [3.8, 4) is 17.2 Å². The van der Waals surface area contributed by atoms with Crippen molar-refractivity contribution in [1.82, 2.24) is 14.5 Å². The Morgan fingerprint density at radius 2 is 1.77 bits per heavy atom. The average Bonchev–Trinajstić information content (AvgIpc) is 3.25. The second-order valence-corrected chi connectivity index (χ2v) is 7.69. The Morgan fingerprint density at radius 1 is 1.03 bits per heavy atom. The van der Waals surface area contributed by atoms with Crippen LogP contribution in [0.15, 0.2) is 23.0 Å². The molecule has 1 saturated heterocycles. The number of benzene rings is 1. The summed E-state index contributed by atoms with van der Waals surface area (Å²) in [5, 5.41) is 0. The van der Waals surface area contributed by atoms with Crippen molar-refractivity contribution >= 4 is 5.91 Å². The van der Waals surface area contributed by atoms with E-state index < -0.39 is 0 Å². The third-order valence-corrected chi connectivity index (χ3v) is 5.95. The first-order chi connectivity index (χ1) is 14.5. The SMILES string of the molecule is COc1cc(C(=O)N2CCC[C@@H](c3cc(=O)nc4n3CCC4)C2)cc(OC)c1OC. The van der Waals surface area contributed by atoms with E-state index in [1.807, 2.05) is 4.90 Å². The van der Waals surface area contributed by atoms with E-state index in [2.05, 4.69) is 9.55 Å². The van der Waals surface area contributed by atoms with E-state index in [1.54, 1.807) is 18.2 Å². The minimum Gasteiger partial charge on any atom is -0.493 e. The normalized spacial score (nSPS) is 18.1. The van der Waals surface area contributed by atoms with Crippen LogP contribution >= 0.6 is 0 Å². The third kappa shape index (κ3) is 3.62. The summed E-state index contributed by atoms with van der Waals surface area (Å²) < 4.78 is 18.3. The fourth-order valence-corrected chi connectivity index (χ4v) is 4.55. The van der Waals surface area contributed by atoms with E-state index in [9.17, 15) is 9.59 Å². The lowest BCUT2D eigenvalue weighted by Crippen LogP contribution is -2.40. The van der Waals surface area contributed by atoms with E-state index in [4.69, 9.17) is 14.2 Å². The van der Waals surface area contributed by atoms with Gasteiger partial charge in [-0.25, -0.2) is 0 Å². The zero-order valence-corrected chi connectivity index (χ0v) is 17.6. The molecule has 3 heterocycles. The number of ether oxygens (including phenoxy) is 3. The first kappa shape index (κ1) is 20.3. The molecule has 4 rings (SSSR count). The van der Waals surface area contributed by atoms with E-state index in [1.165, 1.54) is 21.3 Å². The molecule has 0 bridgehead atoms. The van der Waals surface area contributed by atoms with Gasteiger partial charge in [-0.2, -0.15) is 4.98 Å². The van der Waals surface area contributed by atoms with Gasteiger partial charge in [-0.1, -0.05) is 0 Å². The molecule has 0 saturated carbocycles. The second kappa shape index (κ2) is 8.38. The molecule has 160 valence electrons. The Balaban J connectivity index is 1.62. The highest BCUT2D eigenvalue weighted by atomic mass is 16.5. The van der Waals surface area contributed by atoms with Crippen LogP contribution in [-0.2, 0) is 13.0 Å². The van der Waals surface area contributed by atoms with Gasteiger partial charge in [0, 0.05) is 49.3 Å². The van der Waals surface area contributed by atoms with Gasteiger partial charge >= 0.3 is 0 Å².